The Bertz CT molecular complexity index is 345. The van der Waals surface area contributed by atoms with Gasteiger partial charge < -0.3 is 9.47 Å². The highest BCUT2D eigenvalue weighted by atomic mass is 16.1. The third kappa shape index (κ3) is 1.22. The van der Waals surface area contributed by atoms with Gasteiger partial charge in [-0.05, 0) is 0 Å². The van der Waals surface area contributed by atoms with Gasteiger partial charge in [-0.2, -0.15) is 0 Å². The van der Waals surface area contributed by atoms with Crippen LogP contribution in [-0.4, -0.2) is 33.7 Å². The molecule has 0 aliphatic carbocycles. The summed E-state index contributed by atoms with van der Waals surface area (Å²) in [6.45, 7) is 1.80. The molecule has 1 aliphatic heterocycles. The van der Waals surface area contributed by atoms with E-state index in [-0.39, 0.29) is 0 Å². The minimum atomic E-state index is 0.497. The lowest BCUT2D eigenvalue weighted by atomic mass is 10.3. The van der Waals surface area contributed by atoms with Gasteiger partial charge in [-0.1, -0.05) is 0 Å². The van der Waals surface area contributed by atoms with E-state index in [2.05, 4.69) is 4.98 Å². The topological polar surface area (TPSA) is 55.2 Å². The van der Waals surface area contributed by atoms with Gasteiger partial charge in [0.25, 0.3) is 0 Å². The molecule has 0 bridgehead atoms. The van der Waals surface area contributed by atoms with Crippen LogP contribution in [0.1, 0.15) is 16.3 Å². The van der Waals surface area contributed by atoms with E-state index in [1.807, 2.05) is 4.57 Å². The Kier molecular flexibility index (Phi) is 1.84. The first-order valence-corrected chi connectivity index (χ1v) is 4.04. The van der Waals surface area contributed by atoms with Crippen molar-refractivity contribution in [3.05, 3.63) is 17.7 Å². The van der Waals surface area contributed by atoms with E-state index < -0.39 is 0 Å². The van der Waals surface area contributed by atoms with Crippen molar-refractivity contribution in [1.29, 1.82) is 0 Å². The maximum atomic E-state index is 10.5. The molecule has 0 unspecified atom stereocenters. The molecule has 1 amide bonds. The van der Waals surface area contributed by atoms with Gasteiger partial charge >= 0.3 is 0 Å². The first-order valence-electron chi connectivity index (χ1n) is 4.04. The van der Waals surface area contributed by atoms with Crippen molar-refractivity contribution >= 4 is 12.7 Å². The van der Waals surface area contributed by atoms with Crippen LogP contribution in [0.4, 0.5) is 0 Å². The minimum absolute atomic E-state index is 0.497. The predicted molar refractivity (Wildman–Crippen MR) is 44.1 cm³/mol. The van der Waals surface area contributed by atoms with Gasteiger partial charge in [-0.25, -0.2) is 4.98 Å². The third-order valence-electron chi connectivity index (χ3n) is 2.19. The molecule has 0 radical (unpaired) electrons. The Balaban J connectivity index is 2.32. The summed E-state index contributed by atoms with van der Waals surface area (Å²) in [5.74, 6) is 0.778. The summed E-state index contributed by atoms with van der Waals surface area (Å²) in [6, 6.07) is 0. The van der Waals surface area contributed by atoms with E-state index >= 15 is 0 Å². The molecule has 1 aromatic rings. The molecule has 2 heterocycles. The number of rotatable bonds is 2. The lowest BCUT2D eigenvalue weighted by Crippen LogP contribution is -2.33. The number of hydrogen-bond acceptors (Lipinski definition) is 3. The Morgan fingerprint density at radius 2 is 2.23 bits per heavy atom. The number of aromatic nitrogens is 2. The molecule has 0 saturated heterocycles. The van der Waals surface area contributed by atoms with Crippen LogP contribution in [0, 0.1) is 0 Å². The van der Waals surface area contributed by atoms with Gasteiger partial charge in [-0.15, -0.1) is 0 Å². The van der Waals surface area contributed by atoms with Crippen LogP contribution in [-0.2, 0) is 17.9 Å². The number of carbonyl (C=O) groups excluding carboxylic acids is 2. The van der Waals surface area contributed by atoms with E-state index in [0.717, 1.165) is 18.5 Å². The Morgan fingerprint density at radius 3 is 2.92 bits per heavy atom. The first-order chi connectivity index (χ1) is 6.35. The highest BCUT2D eigenvalue weighted by Gasteiger charge is 2.17. The number of amides is 1. The van der Waals surface area contributed by atoms with Crippen LogP contribution in [0.15, 0.2) is 6.20 Å². The lowest BCUT2D eigenvalue weighted by molar-refractivity contribution is -0.119. The number of nitrogens with zero attached hydrogens (tertiary/aromatic N) is 3. The van der Waals surface area contributed by atoms with Crippen LogP contribution in [0.25, 0.3) is 0 Å². The van der Waals surface area contributed by atoms with Crippen molar-refractivity contribution in [2.45, 2.75) is 13.1 Å². The maximum absolute atomic E-state index is 10.5. The van der Waals surface area contributed by atoms with E-state index in [4.69, 9.17) is 0 Å². The smallest absolute Gasteiger partial charge is 0.210 e. The van der Waals surface area contributed by atoms with Gasteiger partial charge in [0.1, 0.15) is 11.5 Å². The van der Waals surface area contributed by atoms with Gasteiger partial charge in [0.05, 0.1) is 12.7 Å². The molecule has 0 N–H and O–H groups in total. The van der Waals surface area contributed by atoms with Crippen molar-refractivity contribution in [2.24, 2.45) is 0 Å². The molecule has 0 saturated carbocycles. The standard InChI is InChI=1S/C8H9N3O2/c12-5-7-3-9-8-4-10(6-13)1-2-11(7)8/h3,5-6H,1-2,4H2. The molecule has 0 aromatic carbocycles. The number of aldehydes is 1. The van der Waals surface area contributed by atoms with Gasteiger partial charge in [0.15, 0.2) is 6.29 Å². The number of hydrogen-bond donors (Lipinski definition) is 0. The van der Waals surface area contributed by atoms with Crippen molar-refractivity contribution in [2.75, 3.05) is 6.54 Å². The Labute approximate surface area is 75.0 Å². The fourth-order valence-corrected chi connectivity index (χ4v) is 1.49. The zero-order valence-electron chi connectivity index (χ0n) is 7.01. The molecular formula is C8H9N3O2. The van der Waals surface area contributed by atoms with Gasteiger partial charge in [0.2, 0.25) is 6.41 Å². The second-order valence-electron chi connectivity index (χ2n) is 2.94. The van der Waals surface area contributed by atoms with E-state index in [9.17, 15) is 9.59 Å². The SMILES string of the molecule is O=Cc1cnc2n1CCN(C=O)C2. The summed E-state index contributed by atoms with van der Waals surface area (Å²) in [6.07, 6.45) is 3.13. The van der Waals surface area contributed by atoms with E-state index in [1.165, 1.54) is 6.20 Å². The maximum Gasteiger partial charge on any atom is 0.210 e. The Hall–Kier alpha value is -1.65. The Morgan fingerprint density at radius 1 is 1.38 bits per heavy atom. The molecular weight excluding hydrogens is 170 g/mol. The van der Waals surface area contributed by atoms with Gasteiger partial charge in [-0.3, -0.25) is 9.59 Å². The lowest BCUT2D eigenvalue weighted by Gasteiger charge is -2.24. The number of fused-ring (bicyclic) bond motifs is 1. The summed E-state index contributed by atoms with van der Waals surface area (Å²) in [7, 11) is 0. The van der Waals surface area contributed by atoms with Crippen molar-refractivity contribution in [1.82, 2.24) is 14.5 Å². The fourth-order valence-electron chi connectivity index (χ4n) is 1.49. The quantitative estimate of drug-likeness (QED) is 0.584. The average molecular weight is 179 g/mol. The predicted octanol–water partition coefficient (Wildman–Crippen LogP) is -0.332. The van der Waals surface area contributed by atoms with Crippen LogP contribution in [0.3, 0.4) is 0 Å². The summed E-state index contributed by atoms with van der Waals surface area (Å²) in [5.41, 5.74) is 0.584. The van der Waals surface area contributed by atoms with Gasteiger partial charge in [0, 0.05) is 13.1 Å². The number of carbonyl (C=O) groups is 2. The zero-order chi connectivity index (χ0) is 9.26. The van der Waals surface area contributed by atoms with Crippen LogP contribution in [0.5, 0.6) is 0 Å². The molecule has 2 rings (SSSR count). The highest BCUT2D eigenvalue weighted by Crippen LogP contribution is 2.11. The summed E-state index contributed by atoms with van der Waals surface area (Å²) < 4.78 is 1.84. The molecule has 1 aromatic heterocycles. The third-order valence-corrected chi connectivity index (χ3v) is 2.19. The van der Waals surface area contributed by atoms with Crippen LogP contribution >= 0.6 is 0 Å². The average Bonchev–Trinajstić information content (AvgIpc) is 2.59. The molecule has 1 aliphatic rings. The minimum Gasteiger partial charge on any atom is -0.336 e. The highest BCUT2D eigenvalue weighted by molar-refractivity contribution is 5.72. The van der Waals surface area contributed by atoms with E-state index in [0.29, 0.717) is 25.3 Å². The molecule has 0 spiro atoms. The van der Waals surface area contributed by atoms with Crippen molar-refractivity contribution in [3.63, 3.8) is 0 Å². The summed E-state index contributed by atoms with van der Waals surface area (Å²) >= 11 is 0. The first kappa shape index (κ1) is 7.97. The second kappa shape index (κ2) is 3.01. The summed E-state index contributed by atoms with van der Waals surface area (Å²) in [5, 5.41) is 0. The molecule has 5 heteroatoms. The normalized spacial score (nSPS) is 15.2. The van der Waals surface area contributed by atoms with E-state index in [1.54, 1.807) is 4.90 Å². The zero-order valence-corrected chi connectivity index (χ0v) is 7.01. The van der Waals surface area contributed by atoms with Crippen LogP contribution in [0.2, 0.25) is 0 Å². The molecule has 5 nitrogen and oxygen atoms in total. The fraction of sp³-hybridized carbons (Fsp3) is 0.375. The summed E-state index contributed by atoms with van der Waals surface area (Å²) in [4.78, 5) is 26.7. The second-order valence-corrected chi connectivity index (χ2v) is 2.94. The van der Waals surface area contributed by atoms with Crippen molar-refractivity contribution < 1.29 is 9.59 Å². The molecule has 0 fully saturated rings. The van der Waals surface area contributed by atoms with Crippen molar-refractivity contribution in [3.8, 4) is 0 Å². The molecule has 68 valence electrons. The number of imidazole rings is 1. The van der Waals surface area contributed by atoms with Crippen LogP contribution < -0.4 is 0 Å². The molecule has 13 heavy (non-hydrogen) atoms. The monoisotopic (exact) mass is 179 g/mol. The molecule has 0 atom stereocenters. The largest absolute Gasteiger partial charge is 0.336 e.